The smallest absolute Gasteiger partial charge is 0.0450 e. The highest BCUT2D eigenvalue weighted by molar-refractivity contribution is 6.31. The van der Waals surface area contributed by atoms with Gasteiger partial charge < -0.3 is 5.32 Å². The minimum Gasteiger partial charge on any atom is -0.307 e. The molecule has 0 unspecified atom stereocenters. The van der Waals surface area contributed by atoms with Gasteiger partial charge in [0.15, 0.2) is 0 Å². The molecule has 15 heavy (non-hydrogen) atoms. The predicted octanol–water partition coefficient (Wildman–Crippen LogP) is 3.76. The van der Waals surface area contributed by atoms with Gasteiger partial charge in [-0.3, -0.25) is 0 Å². The van der Waals surface area contributed by atoms with Crippen LogP contribution in [0.3, 0.4) is 0 Å². The predicted molar refractivity (Wildman–Crippen MR) is 65.2 cm³/mol. The summed E-state index contributed by atoms with van der Waals surface area (Å²) in [6.07, 6.45) is 5.21. The number of nitrogens with one attached hydrogen (secondary N) is 1. The van der Waals surface area contributed by atoms with Crippen molar-refractivity contribution in [1.82, 2.24) is 5.32 Å². The van der Waals surface area contributed by atoms with E-state index in [9.17, 15) is 0 Å². The number of benzene rings is 1. The lowest BCUT2D eigenvalue weighted by Gasteiger charge is -2.42. The van der Waals surface area contributed by atoms with Crippen molar-refractivity contribution in [3.63, 3.8) is 0 Å². The molecule has 0 aliphatic heterocycles. The number of hydrogen-bond donors (Lipinski definition) is 1. The van der Waals surface area contributed by atoms with Crippen LogP contribution in [-0.4, -0.2) is 5.54 Å². The maximum atomic E-state index is 6.12. The highest BCUT2D eigenvalue weighted by Gasteiger charge is 2.34. The summed E-state index contributed by atoms with van der Waals surface area (Å²) in [5.74, 6) is 0. The molecule has 1 aliphatic carbocycles. The first-order valence-corrected chi connectivity index (χ1v) is 6.12. The molecule has 0 amide bonds. The third kappa shape index (κ3) is 2.35. The Morgan fingerprint density at radius 1 is 1.33 bits per heavy atom. The molecule has 82 valence electrons. The summed E-state index contributed by atoms with van der Waals surface area (Å²) in [6, 6.07) is 8.07. The third-order valence-electron chi connectivity index (χ3n) is 3.60. The van der Waals surface area contributed by atoms with Gasteiger partial charge in [0.1, 0.15) is 0 Å². The van der Waals surface area contributed by atoms with Crippen molar-refractivity contribution in [2.45, 2.75) is 44.7 Å². The average molecular weight is 224 g/mol. The zero-order chi connectivity index (χ0) is 10.7. The van der Waals surface area contributed by atoms with E-state index in [1.54, 1.807) is 0 Å². The zero-order valence-electron chi connectivity index (χ0n) is 9.22. The lowest BCUT2D eigenvalue weighted by Crippen LogP contribution is -2.49. The van der Waals surface area contributed by atoms with Gasteiger partial charge in [-0.15, -0.1) is 0 Å². The largest absolute Gasteiger partial charge is 0.307 e. The molecular formula is C13H18ClN. The fraction of sp³-hybridized carbons (Fsp3) is 0.538. The number of halogens is 1. The van der Waals surface area contributed by atoms with Crippen LogP contribution in [0.2, 0.25) is 5.02 Å². The maximum absolute atomic E-state index is 6.12. The second kappa shape index (κ2) is 4.54. The van der Waals surface area contributed by atoms with E-state index in [1.807, 2.05) is 18.2 Å². The van der Waals surface area contributed by atoms with E-state index in [4.69, 9.17) is 11.6 Å². The molecule has 1 saturated carbocycles. The Bertz CT molecular complexity index is 326. The van der Waals surface area contributed by atoms with E-state index in [-0.39, 0.29) is 0 Å². The van der Waals surface area contributed by atoms with E-state index < -0.39 is 0 Å². The molecule has 0 spiro atoms. The highest BCUT2D eigenvalue weighted by atomic mass is 35.5. The molecule has 1 fully saturated rings. The Balaban J connectivity index is 1.95. The van der Waals surface area contributed by atoms with Crippen LogP contribution in [0.25, 0.3) is 0 Å². The van der Waals surface area contributed by atoms with E-state index in [1.165, 1.54) is 31.2 Å². The van der Waals surface area contributed by atoms with Crippen molar-refractivity contribution >= 4 is 11.6 Å². The Hall–Kier alpha value is -0.530. The summed E-state index contributed by atoms with van der Waals surface area (Å²) < 4.78 is 0. The Labute approximate surface area is 96.8 Å². The van der Waals surface area contributed by atoms with Crippen LogP contribution in [0.15, 0.2) is 24.3 Å². The molecule has 1 aliphatic rings. The number of hydrogen-bond acceptors (Lipinski definition) is 1. The highest BCUT2D eigenvalue weighted by Crippen LogP contribution is 2.35. The fourth-order valence-electron chi connectivity index (χ4n) is 2.18. The van der Waals surface area contributed by atoms with Crippen molar-refractivity contribution in [3.05, 3.63) is 34.9 Å². The minimum absolute atomic E-state index is 0.402. The number of rotatable bonds is 4. The first kappa shape index (κ1) is 11.0. The van der Waals surface area contributed by atoms with Crippen LogP contribution in [0, 0.1) is 0 Å². The fourth-order valence-corrected chi connectivity index (χ4v) is 2.39. The van der Waals surface area contributed by atoms with Crippen molar-refractivity contribution in [2.24, 2.45) is 0 Å². The monoisotopic (exact) mass is 223 g/mol. The van der Waals surface area contributed by atoms with Crippen LogP contribution in [0.1, 0.15) is 38.2 Å². The summed E-state index contributed by atoms with van der Waals surface area (Å²) in [4.78, 5) is 0. The average Bonchev–Trinajstić information content (AvgIpc) is 2.19. The third-order valence-corrected chi connectivity index (χ3v) is 3.97. The molecular weight excluding hydrogens is 206 g/mol. The second-order valence-corrected chi connectivity index (χ2v) is 4.84. The van der Waals surface area contributed by atoms with Gasteiger partial charge >= 0.3 is 0 Å². The topological polar surface area (TPSA) is 12.0 Å². The van der Waals surface area contributed by atoms with Gasteiger partial charge in [-0.05, 0) is 37.3 Å². The normalized spacial score (nSPS) is 18.5. The molecule has 0 saturated heterocycles. The van der Waals surface area contributed by atoms with Gasteiger partial charge in [0.25, 0.3) is 0 Å². The summed E-state index contributed by atoms with van der Waals surface area (Å²) in [5, 5.41) is 4.53. The van der Waals surface area contributed by atoms with Gasteiger partial charge in [0.05, 0.1) is 0 Å². The summed E-state index contributed by atoms with van der Waals surface area (Å²) >= 11 is 6.12. The summed E-state index contributed by atoms with van der Waals surface area (Å²) in [5.41, 5.74) is 1.61. The van der Waals surface area contributed by atoms with Crippen LogP contribution < -0.4 is 5.32 Å². The molecule has 0 bridgehead atoms. The van der Waals surface area contributed by atoms with Crippen molar-refractivity contribution in [3.8, 4) is 0 Å². The molecule has 0 atom stereocenters. The van der Waals surface area contributed by atoms with Gasteiger partial charge in [-0.25, -0.2) is 0 Å². The van der Waals surface area contributed by atoms with Crippen molar-refractivity contribution in [1.29, 1.82) is 0 Å². The molecule has 2 heteroatoms. The van der Waals surface area contributed by atoms with E-state index >= 15 is 0 Å². The Morgan fingerprint density at radius 2 is 2.07 bits per heavy atom. The van der Waals surface area contributed by atoms with Crippen molar-refractivity contribution in [2.75, 3.05) is 0 Å². The minimum atomic E-state index is 0.402. The molecule has 1 aromatic rings. The Kier molecular flexibility index (Phi) is 3.32. The maximum Gasteiger partial charge on any atom is 0.0450 e. The molecule has 0 radical (unpaired) electrons. The zero-order valence-corrected chi connectivity index (χ0v) is 9.98. The first-order chi connectivity index (χ1) is 7.26. The lowest BCUT2D eigenvalue weighted by molar-refractivity contribution is 0.175. The molecule has 1 N–H and O–H groups in total. The first-order valence-electron chi connectivity index (χ1n) is 5.74. The molecule has 1 nitrogen and oxygen atoms in total. The molecule has 0 aromatic heterocycles. The summed E-state index contributed by atoms with van der Waals surface area (Å²) in [7, 11) is 0. The van der Waals surface area contributed by atoms with Crippen LogP contribution in [-0.2, 0) is 6.54 Å². The van der Waals surface area contributed by atoms with Crippen molar-refractivity contribution < 1.29 is 0 Å². The summed E-state index contributed by atoms with van der Waals surface area (Å²) in [6.45, 7) is 3.16. The van der Waals surface area contributed by atoms with E-state index in [2.05, 4.69) is 18.3 Å². The van der Waals surface area contributed by atoms with E-state index in [0.717, 1.165) is 11.6 Å². The SMILES string of the molecule is CCC1(NCc2ccccc2Cl)CCC1. The van der Waals surface area contributed by atoms with Crippen LogP contribution in [0.5, 0.6) is 0 Å². The van der Waals surface area contributed by atoms with Gasteiger partial charge in [0.2, 0.25) is 0 Å². The lowest BCUT2D eigenvalue weighted by atomic mass is 9.75. The van der Waals surface area contributed by atoms with Crippen LogP contribution in [0.4, 0.5) is 0 Å². The van der Waals surface area contributed by atoms with Crippen LogP contribution >= 0.6 is 11.6 Å². The quantitative estimate of drug-likeness (QED) is 0.820. The molecule has 2 rings (SSSR count). The second-order valence-electron chi connectivity index (χ2n) is 4.43. The van der Waals surface area contributed by atoms with Gasteiger partial charge in [-0.2, -0.15) is 0 Å². The molecule has 0 heterocycles. The van der Waals surface area contributed by atoms with Gasteiger partial charge in [-0.1, -0.05) is 36.7 Å². The van der Waals surface area contributed by atoms with E-state index in [0.29, 0.717) is 5.54 Å². The molecule has 1 aromatic carbocycles. The van der Waals surface area contributed by atoms with Gasteiger partial charge in [0, 0.05) is 17.1 Å². The standard InChI is InChI=1S/C13H18ClN/c1-2-13(8-5-9-13)15-10-11-6-3-4-7-12(11)14/h3-4,6-7,15H,2,5,8-10H2,1H3. The Morgan fingerprint density at radius 3 is 2.60 bits per heavy atom.